The van der Waals surface area contributed by atoms with Crippen LogP contribution in [-0.2, 0) is 10.1 Å². The van der Waals surface area contributed by atoms with Gasteiger partial charge in [-0.05, 0) is 0 Å². The van der Waals surface area contributed by atoms with Crippen LogP contribution in [0, 0.1) is 20.2 Å². The van der Waals surface area contributed by atoms with Gasteiger partial charge in [0.15, 0.2) is 5.75 Å². The zero-order chi connectivity index (χ0) is 14.1. The molecule has 1 N–H and O–H groups in total. The largest absolute Gasteiger partial charge is 0.497 e. The van der Waals surface area contributed by atoms with Crippen LogP contribution < -0.4 is 4.18 Å². The predicted molar refractivity (Wildman–Crippen MR) is 56.9 cm³/mol. The Kier molecular flexibility index (Phi) is 3.37. The summed E-state index contributed by atoms with van der Waals surface area (Å²) < 4.78 is 25.9. The van der Waals surface area contributed by atoms with Gasteiger partial charge in [-0.1, -0.05) is 0 Å². The Balaban J connectivity index is 3.48. The predicted octanol–water partition coefficient (Wildman–Crippen LogP) is 0.547. The highest BCUT2D eigenvalue weighted by Crippen LogP contribution is 2.39. The average Bonchev–Trinajstić information content (AvgIpc) is 2.17. The fraction of sp³-hybridized carbons (Fsp3) is 0.143. The second-order valence-electron chi connectivity index (χ2n) is 3.11. The number of hydrogen-bond acceptors (Lipinski definition) is 8. The average molecular weight is 278 g/mol. The molecule has 1 rings (SSSR count). The Hall–Kier alpha value is -2.43. The fourth-order valence-corrected chi connectivity index (χ4v) is 1.53. The maximum Gasteiger partial charge on any atom is 0.321 e. The van der Waals surface area contributed by atoms with Crippen LogP contribution in [0.2, 0.25) is 0 Å². The second-order valence-corrected chi connectivity index (χ2v) is 4.69. The zero-order valence-electron chi connectivity index (χ0n) is 8.76. The quantitative estimate of drug-likeness (QED) is 0.476. The number of nitro groups is 2. The molecule has 0 saturated heterocycles. The summed E-state index contributed by atoms with van der Waals surface area (Å²) in [5.74, 6) is -1.81. The highest BCUT2D eigenvalue weighted by atomic mass is 32.2. The van der Waals surface area contributed by atoms with Gasteiger partial charge < -0.3 is 9.29 Å². The Morgan fingerprint density at radius 2 is 1.56 bits per heavy atom. The third kappa shape index (κ3) is 3.04. The van der Waals surface area contributed by atoms with Crippen LogP contribution in [0.1, 0.15) is 0 Å². The number of rotatable bonds is 4. The molecule has 0 heterocycles. The van der Waals surface area contributed by atoms with Crippen LogP contribution in [0.15, 0.2) is 12.1 Å². The first-order chi connectivity index (χ1) is 8.11. The Labute approximate surface area is 99.8 Å². The van der Waals surface area contributed by atoms with Crippen molar-refractivity contribution in [2.45, 2.75) is 0 Å². The maximum atomic E-state index is 10.8. The first kappa shape index (κ1) is 13.6. The van der Waals surface area contributed by atoms with E-state index in [1.54, 1.807) is 0 Å². The second kappa shape index (κ2) is 4.44. The Morgan fingerprint density at radius 1 is 1.17 bits per heavy atom. The lowest BCUT2D eigenvalue weighted by atomic mass is 10.2. The summed E-state index contributed by atoms with van der Waals surface area (Å²) in [5.41, 5.74) is -2.05. The van der Waals surface area contributed by atoms with E-state index in [0.717, 1.165) is 0 Å². The fourth-order valence-electron chi connectivity index (χ4n) is 1.08. The normalized spacial score (nSPS) is 10.9. The van der Waals surface area contributed by atoms with Crippen LogP contribution in [0.5, 0.6) is 11.5 Å². The molecule has 18 heavy (non-hydrogen) atoms. The molecule has 11 heteroatoms. The molecule has 10 nitrogen and oxygen atoms in total. The summed E-state index contributed by atoms with van der Waals surface area (Å²) in [4.78, 5) is 18.9. The van der Waals surface area contributed by atoms with Crippen LogP contribution in [0.3, 0.4) is 0 Å². The van der Waals surface area contributed by atoms with Crippen LogP contribution in [-0.4, -0.2) is 29.6 Å². The van der Waals surface area contributed by atoms with Crippen molar-refractivity contribution in [1.82, 2.24) is 0 Å². The molecule has 0 saturated carbocycles. The SMILES string of the molecule is CS(=O)(=O)Oc1cc([N+](=O)[O-])c(O)c([N+](=O)[O-])c1. The van der Waals surface area contributed by atoms with E-state index in [0.29, 0.717) is 18.4 Å². The smallest absolute Gasteiger partial charge is 0.321 e. The summed E-state index contributed by atoms with van der Waals surface area (Å²) in [6.07, 6.45) is 0.664. The molecule has 0 aliphatic carbocycles. The number of aromatic hydroxyl groups is 1. The summed E-state index contributed by atoms with van der Waals surface area (Å²) >= 11 is 0. The molecule has 0 fully saturated rings. The van der Waals surface area contributed by atoms with E-state index in [4.69, 9.17) is 0 Å². The topological polar surface area (TPSA) is 150 Å². The molecule has 0 amide bonds. The molecule has 0 spiro atoms. The molecular weight excluding hydrogens is 272 g/mol. The van der Waals surface area contributed by atoms with E-state index in [-0.39, 0.29) is 0 Å². The van der Waals surface area contributed by atoms with Gasteiger partial charge in [0.1, 0.15) is 0 Å². The number of hydrogen-bond donors (Lipinski definition) is 1. The standard InChI is InChI=1S/C7H6N2O8S/c1-18(15,16)17-4-2-5(8(11)12)7(10)6(3-4)9(13)14/h2-3,10H,1H3. The van der Waals surface area contributed by atoms with Crippen molar-refractivity contribution in [2.24, 2.45) is 0 Å². The molecule has 0 unspecified atom stereocenters. The van der Waals surface area contributed by atoms with Gasteiger partial charge >= 0.3 is 21.5 Å². The van der Waals surface area contributed by atoms with Crippen molar-refractivity contribution in [1.29, 1.82) is 0 Å². The summed E-state index contributed by atoms with van der Waals surface area (Å²) in [6, 6.07) is 1.15. The van der Waals surface area contributed by atoms with Gasteiger partial charge in [-0.25, -0.2) is 0 Å². The number of phenolic OH excluding ortho intramolecular Hbond substituents is 1. The molecule has 1 aromatic rings. The Morgan fingerprint density at radius 3 is 1.83 bits per heavy atom. The van der Waals surface area contributed by atoms with Gasteiger partial charge in [0.05, 0.1) is 28.2 Å². The number of benzene rings is 1. The van der Waals surface area contributed by atoms with Gasteiger partial charge in [0.2, 0.25) is 0 Å². The minimum atomic E-state index is -4.00. The summed E-state index contributed by atoms with van der Waals surface area (Å²) in [7, 11) is -4.00. The number of nitrogens with zero attached hydrogens (tertiary/aromatic N) is 2. The minimum absolute atomic E-state index is 0.573. The lowest BCUT2D eigenvalue weighted by molar-refractivity contribution is -0.396. The highest BCUT2D eigenvalue weighted by Gasteiger charge is 2.27. The van der Waals surface area contributed by atoms with Crippen molar-refractivity contribution in [3.8, 4) is 11.5 Å². The molecule has 0 bridgehead atoms. The van der Waals surface area contributed by atoms with Gasteiger partial charge in [-0.15, -0.1) is 0 Å². The van der Waals surface area contributed by atoms with Crippen LogP contribution in [0.4, 0.5) is 11.4 Å². The van der Waals surface area contributed by atoms with Crippen molar-refractivity contribution in [3.63, 3.8) is 0 Å². The molecule has 0 radical (unpaired) electrons. The van der Waals surface area contributed by atoms with E-state index >= 15 is 0 Å². The lowest BCUT2D eigenvalue weighted by Crippen LogP contribution is -2.06. The minimum Gasteiger partial charge on any atom is -0.497 e. The van der Waals surface area contributed by atoms with Crippen LogP contribution >= 0.6 is 0 Å². The lowest BCUT2D eigenvalue weighted by Gasteiger charge is -2.04. The molecule has 0 aliphatic heterocycles. The summed E-state index contributed by atoms with van der Waals surface area (Å²) in [5, 5.41) is 30.3. The molecule has 0 aliphatic rings. The van der Waals surface area contributed by atoms with Gasteiger partial charge in [-0.3, -0.25) is 20.2 Å². The van der Waals surface area contributed by atoms with Gasteiger partial charge in [0, 0.05) is 0 Å². The molecule has 1 aromatic carbocycles. The van der Waals surface area contributed by atoms with Gasteiger partial charge in [0.25, 0.3) is 5.75 Å². The number of nitro benzene ring substituents is 2. The van der Waals surface area contributed by atoms with Gasteiger partial charge in [-0.2, -0.15) is 8.42 Å². The highest BCUT2D eigenvalue weighted by molar-refractivity contribution is 7.86. The van der Waals surface area contributed by atoms with Crippen molar-refractivity contribution >= 4 is 21.5 Å². The van der Waals surface area contributed by atoms with Crippen molar-refractivity contribution in [2.75, 3.05) is 6.26 Å². The maximum absolute atomic E-state index is 10.8. The van der Waals surface area contributed by atoms with E-state index in [1.807, 2.05) is 0 Å². The van der Waals surface area contributed by atoms with E-state index in [9.17, 15) is 33.8 Å². The zero-order valence-corrected chi connectivity index (χ0v) is 9.58. The van der Waals surface area contributed by atoms with E-state index in [1.165, 1.54) is 0 Å². The van der Waals surface area contributed by atoms with E-state index in [2.05, 4.69) is 4.18 Å². The molecule has 98 valence electrons. The van der Waals surface area contributed by atoms with Crippen LogP contribution in [0.25, 0.3) is 0 Å². The van der Waals surface area contributed by atoms with Crippen molar-refractivity contribution < 1.29 is 27.6 Å². The third-order valence-corrected chi connectivity index (χ3v) is 2.18. The summed E-state index contributed by atoms with van der Waals surface area (Å²) in [6.45, 7) is 0. The molecule has 0 atom stereocenters. The Bertz CT molecular complexity index is 587. The third-order valence-electron chi connectivity index (χ3n) is 1.68. The molecular formula is C7H6N2O8S. The first-order valence-electron chi connectivity index (χ1n) is 4.17. The number of phenols is 1. The molecule has 0 aromatic heterocycles. The first-order valence-corrected chi connectivity index (χ1v) is 5.98. The van der Waals surface area contributed by atoms with E-state index < -0.39 is 42.8 Å². The van der Waals surface area contributed by atoms with Crippen molar-refractivity contribution in [3.05, 3.63) is 32.4 Å². The monoisotopic (exact) mass is 278 g/mol.